The summed E-state index contributed by atoms with van der Waals surface area (Å²) in [5.74, 6) is 0.507. The van der Waals surface area contributed by atoms with Crippen LogP contribution in [-0.4, -0.2) is 10.9 Å². The lowest BCUT2D eigenvalue weighted by Crippen LogP contribution is -2.22. The molecule has 1 N–H and O–H groups in total. The fourth-order valence-corrected chi connectivity index (χ4v) is 3.80. The van der Waals surface area contributed by atoms with Crippen molar-refractivity contribution < 1.29 is 9.21 Å². The van der Waals surface area contributed by atoms with Gasteiger partial charge in [-0.25, -0.2) is 4.98 Å². The summed E-state index contributed by atoms with van der Waals surface area (Å²) in [7, 11) is 0. The number of amides is 1. The molecule has 0 aliphatic carbocycles. The van der Waals surface area contributed by atoms with Crippen molar-refractivity contribution in [1.29, 1.82) is 0 Å². The van der Waals surface area contributed by atoms with Crippen molar-refractivity contribution in [2.45, 2.75) is 20.4 Å². The van der Waals surface area contributed by atoms with Gasteiger partial charge in [0.15, 0.2) is 5.58 Å². The van der Waals surface area contributed by atoms with E-state index in [1.54, 1.807) is 0 Å². The molecule has 4 aromatic carbocycles. The Balaban J connectivity index is 1.24. The van der Waals surface area contributed by atoms with E-state index in [0.717, 1.165) is 33.4 Å². The maximum absolute atomic E-state index is 12.6. The molecule has 0 unspecified atom stereocenters. The van der Waals surface area contributed by atoms with Gasteiger partial charge >= 0.3 is 0 Å². The Bertz CT molecular complexity index is 1380. The van der Waals surface area contributed by atoms with E-state index >= 15 is 0 Å². The number of carbonyl (C=O) groups is 1. The summed E-state index contributed by atoms with van der Waals surface area (Å²) in [6, 6.07) is 29.8. The van der Waals surface area contributed by atoms with Crippen molar-refractivity contribution in [2.75, 3.05) is 0 Å². The Kier molecular flexibility index (Phi) is 5.49. The Morgan fingerprint density at radius 1 is 0.788 bits per heavy atom. The molecule has 0 aliphatic heterocycles. The number of benzene rings is 4. The number of nitrogens with one attached hydrogen (secondary N) is 1. The average molecular weight is 433 g/mol. The molecule has 1 heterocycles. The number of hydrogen-bond donors (Lipinski definition) is 1. The fraction of sp³-hybridized carbons (Fsp3) is 0.103. The zero-order valence-corrected chi connectivity index (χ0v) is 18.6. The van der Waals surface area contributed by atoms with E-state index in [0.29, 0.717) is 18.0 Å². The van der Waals surface area contributed by atoms with E-state index < -0.39 is 0 Å². The van der Waals surface area contributed by atoms with Crippen LogP contribution in [0.2, 0.25) is 0 Å². The first kappa shape index (κ1) is 20.7. The van der Waals surface area contributed by atoms with Crippen LogP contribution in [0.25, 0.3) is 33.7 Å². The van der Waals surface area contributed by atoms with Gasteiger partial charge in [0.1, 0.15) is 5.52 Å². The lowest BCUT2D eigenvalue weighted by molar-refractivity contribution is 0.0951. The maximum atomic E-state index is 12.6. The highest BCUT2D eigenvalue weighted by atomic mass is 16.3. The molecule has 0 bridgehead atoms. The van der Waals surface area contributed by atoms with E-state index in [2.05, 4.69) is 36.3 Å². The van der Waals surface area contributed by atoms with Gasteiger partial charge in [-0.15, -0.1) is 0 Å². The quantitative estimate of drug-likeness (QED) is 0.336. The highest BCUT2D eigenvalue weighted by Gasteiger charge is 2.10. The molecule has 4 heteroatoms. The second-order valence-corrected chi connectivity index (χ2v) is 8.25. The predicted molar refractivity (Wildman–Crippen MR) is 132 cm³/mol. The third-order valence-corrected chi connectivity index (χ3v) is 5.91. The normalized spacial score (nSPS) is 11.0. The van der Waals surface area contributed by atoms with E-state index in [4.69, 9.17) is 4.42 Å². The van der Waals surface area contributed by atoms with Crippen molar-refractivity contribution in [3.05, 3.63) is 113 Å². The first-order valence-corrected chi connectivity index (χ1v) is 11.0. The van der Waals surface area contributed by atoms with Crippen LogP contribution < -0.4 is 5.32 Å². The summed E-state index contributed by atoms with van der Waals surface area (Å²) in [5.41, 5.74) is 8.83. The summed E-state index contributed by atoms with van der Waals surface area (Å²) in [6.07, 6.45) is 0. The number of oxazole rings is 1. The summed E-state index contributed by atoms with van der Waals surface area (Å²) >= 11 is 0. The van der Waals surface area contributed by atoms with Crippen LogP contribution in [0.3, 0.4) is 0 Å². The predicted octanol–water partition coefficient (Wildman–Crippen LogP) is 6.71. The van der Waals surface area contributed by atoms with Crippen LogP contribution in [0.5, 0.6) is 0 Å². The molecule has 1 aromatic heterocycles. The van der Waals surface area contributed by atoms with Crippen molar-refractivity contribution in [2.24, 2.45) is 0 Å². The average Bonchev–Trinajstić information content (AvgIpc) is 3.26. The minimum atomic E-state index is -0.0941. The molecule has 1 amide bonds. The number of rotatable bonds is 5. The van der Waals surface area contributed by atoms with Crippen LogP contribution in [0, 0.1) is 13.8 Å². The van der Waals surface area contributed by atoms with Gasteiger partial charge in [-0.2, -0.15) is 0 Å². The Labute approximate surface area is 192 Å². The minimum absolute atomic E-state index is 0.0941. The second kappa shape index (κ2) is 8.75. The third-order valence-electron chi connectivity index (χ3n) is 5.91. The molecule has 0 fully saturated rings. The molecule has 0 spiro atoms. The third kappa shape index (κ3) is 4.41. The van der Waals surface area contributed by atoms with Gasteiger partial charge in [0.05, 0.1) is 0 Å². The molecule has 0 radical (unpaired) electrons. The highest BCUT2D eigenvalue weighted by Crippen LogP contribution is 2.26. The Morgan fingerprint density at radius 2 is 1.42 bits per heavy atom. The molecule has 162 valence electrons. The summed E-state index contributed by atoms with van der Waals surface area (Å²) in [4.78, 5) is 17.2. The molecule has 0 saturated heterocycles. The molecule has 5 aromatic rings. The van der Waals surface area contributed by atoms with Crippen LogP contribution >= 0.6 is 0 Å². The highest BCUT2D eigenvalue weighted by molar-refractivity contribution is 5.94. The van der Waals surface area contributed by atoms with Gasteiger partial charge in [-0.1, -0.05) is 54.6 Å². The number of aromatic nitrogens is 1. The maximum Gasteiger partial charge on any atom is 0.251 e. The largest absolute Gasteiger partial charge is 0.436 e. The lowest BCUT2D eigenvalue weighted by Gasteiger charge is -2.07. The molecule has 5 rings (SSSR count). The number of fused-ring (bicyclic) bond motifs is 1. The zero-order valence-electron chi connectivity index (χ0n) is 18.6. The standard InChI is InChI=1S/C29H24N2O2/c1-19-16-26-27(17-20(19)2)33-29(31-26)25-10-8-21(9-11-25)18-30-28(32)24-14-12-23(13-15-24)22-6-4-3-5-7-22/h3-17H,18H2,1-2H3,(H,30,32). The number of nitrogens with zero attached hydrogens (tertiary/aromatic N) is 1. The number of carbonyl (C=O) groups excluding carboxylic acids is 1. The van der Waals surface area contributed by atoms with Crippen molar-refractivity contribution >= 4 is 17.0 Å². The van der Waals surface area contributed by atoms with E-state index in [-0.39, 0.29) is 5.91 Å². The topological polar surface area (TPSA) is 55.1 Å². The summed E-state index contributed by atoms with van der Waals surface area (Å²) in [5, 5.41) is 2.99. The Hall–Kier alpha value is -4.18. The van der Waals surface area contributed by atoms with Crippen LogP contribution in [0.4, 0.5) is 0 Å². The Morgan fingerprint density at radius 3 is 2.15 bits per heavy atom. The van der Waals surface area contributed by atoms with Crippen molar-refractivity contribution in [3.63, 3.8) is 0 Å². The fourth-order valence-electron chi connectivity index (χ4n) is 3.80. The minimum Gasteiger partial charge on any atom is -0.436 e. The van der Waals surface area contributed by atoms with Crippen molar-refractivity contribution in [1.82, 2.24) is 10.3 Å². The van der Waals surface area contributed by atoms with E-state index in [1.807, 2.05) is 78.9 Å². The molecule has 0 atom stereocenters. The lowest BCUT2D eigenvalue weighted by atomic mass is 10.0. The summed E-state index contributed by atoms with van der Waals surface area (Å²) < 4.78 is 5.95. The van der Waals surface area contributed by atoms with Crippen molar-refractivity contribution in [3.8, 4) is 22.6 Å². The smallest absolute Gasteiger partial charge is 0.251 e. The molecule has 4 nitrogen and oxygen atoms in total. The number of aryl methyl sites for hydroxylation is 2. The van der Waals surface area contributed by atoms with E-state index in [1.165, 1.54) is 11.1 Å². The zero-order chi connectivity index (χ0) is 22.8. The van der Waals surface area contributed by atoms with Crippen LogP contribution in [0.15, 0.2) is 95.4 Å². The van der Waals surface area contributed by atoms with Crippen LogP contribution in [0.1, 0.15) is 27.0 Å². The first-order chi connectivity index (χ1) is 16.1. The van der Waals surface area contributed by atoms with Gasteiger partial charge in [0, 0.05) is 17.7 Å². The SMILES string of the molecule is Cc1cc2nc(-c3ccc(CNC(=O)c4ccc(-c5ccccc5)cc4)cc3)oc2cc1C. The molecular formula is C29H24N2O2. The first-order valence-electron chi connectivity index (χ1n) is 11.0. The van der Waals surface area contributed by atoms with E-state index in [9.17, 15) is 4.79 Å². The second-order valence-electron chi connectivity index (χ2n) is 8.25. The van der Waals surface area contributed by atoms with Gasteiger partial charge in [-0.05, 0) is 78.1 Å². The number of hydrogen-bond acceptors (Lipinski definition) is 3. The molecule has 33 heavy (non-hydrogen) atoms. The molecule has 0 aliphatic rings. The van der Waals surface area contributed by atoms with Gasteiger partial charge in [-0.3, -0.25) is 4.79 Å². The summed E-state index contributed by atoms with van der Waals surface area (Å²) in [6.45, 7) is 4.59. The van der Waals surface area contributed by atoms with Crippen LogP contribution in [-0.2, 0) is 6.54 Å². The van der Waals surface area contributed by atoms with Gasteiger partial charge in [0.25, 0.3) is 5.91 Å². The van der Waals surface area contributed by atoms with Gasteiger partial charge in [0.2, 0.25) is 5.89 Å². The monoisotopic (exact) mass is 432 g/mol. The molecular weight excluding hydrogens is 408 g/mol. The molecule has 0 saturated carbocycles. The van der Waals surface area contributed by atoms with Gasteiger partial charge < -0.3 is 9.73 Å².